The molecule has 0 unspecified atom stereocenters. The molecule has 1 aromatic carbocycles. The number of carbonyl (C=O) groups excluding carboxylic acids is 1. The van der Waals surface area contributed by atoms with E-state index in [-0.39, 0.29) is 17.6 Å². The van der Waals surface area contributed by atoms with Crippen LogP contribution in [0.5, 0.6) is 5.75 Å². The topological polar surface area (TPSA) is 80.3 Å². The summed E-state index contributed by atoms with van der Waals surface area (Å²) in [4.78, 5) is 26.9. The molecule has 3 aromatic rings. The van der Waals surface area contributed by atoms with Crippen molar-refractivity contribution in [2.75, 3.05) is 20.2 Å². The van der Waals surface area contributed by atoms with E-state index in [2.05, 4.69) is 19.7 Å². The Bertz CT molecular complexity index is 1130. The lowest BCUT2D eigenvalue weighted by atomic mass is 9.89. The van der Waals surface area contributed by atoms with Crippen molar-refractivity contribution < 1.29 is 27.4 Å². The first kappa shape index (κ1) is 23.0. The number of pyridine rings is 1. The number of nitrogens with zero attached hydrogens (tertiary/aromatic N) is 3. The number of piperidine rings is 1. The van der Waals surface area contributed by atoms with Gasteiger partial charge in [-0.05, 0) is 68.5 Å². The predicted molar refractivity (Wildman–Crippen MR) is 115 cm³/mol. The van der Waals surface area contributed by atoms with E-state index in [1.807, 2.05) is 19.9 Å². The molecule has 10 heteroatoms. The molecule has 0 atom stereocenters. The van der Waals surface area contributed by atoms with Gasteiger partial charge in [-0.1, -0.05) is 0 Å². The fraction of sp³-hybridized carbons (Fsp3) is 0.435. The number of hydrogen-bond donors (Lipinski definition) is 1. The molecule has 4 rings (SSSR count). The summed E-state index contributed by atoms with van der Waals surface area (Å²) in [6.07, 6.45) is -1.52. The molecular weight excluding hydrogens is 437 g/mol. The summed E-state index contributed by atoms with van der Waals surface area (Å²) in [5.74, 6) is 0.360. The number of hydrogen-bond acceptors (Lipinski definition) is 5. The summed E-state index contributed by atoms with van der Waals surface area (Å²) < 4.78 is 46.4. The van der Waals surface area contributed by atoms with Crippen molar-refractivity contribution in [3.63, 3.8) is 0 Å². The molecule has 1 amide bonds. The van der Waals surface area contributed by atoms with E-state index in [4.69, 9.17) is 4.74 Å². The van der Waals surface area contributed by atoms with E-state index in [9.17, 15) is 18.0 Å². The summed E-state index contributed by atoms with van der Waals surface area (Å²) in [6, 6.07) is 6.99. The summed E-state index contributed by atoms with van der Waals surface area (Å²) >= 11 is 0. The van der Waals surface area contributed by atoms with Gasteiger partial charge < -0.3 is 19.4 Å². The van der Waals surface area contributed by atoms with E-state index in [1.54, 1.807) is 18.2 Å². The van der Waals surface area contributed by atoms with Crippen LogP contribution in [-0.4, -0.2) is 52.3 Å². The predicted octanol–water partition coefficient (Wildman–Crippen LogP) is 4.76. The van der Waals surface area contributed by atoms with Gasteiger partial charge in [0.2, 0.25) is 0 Å². The number of likely N-dealkylation sites (tertiary alicyclic amines) is 1. The van der Waals surface area contributed by atoms with E-state index < -0.39 is 12.0 Å². The number of fused-ring (bicyclic) bond motifs is 1. The zero-order valence-electron chi connectivity index (χ0n) is 18.6. The lowest BCUT2D eigenvalue weighted by Gasteiger charge is -2.32. The second-order valence-electron chi connectivity index (χ2n) is 8.54. The monoisotopic (exact) mass is 462 g/mol. The van der Waals surface area contributed by atoms with E-state index in [1.165, 1.54) is 12.1 Å². The highest BCUT2D eigenvalue weighted by molar-refractivity contribution is 5.94. The third kappa shape index (κ3) is 4.95. The van der Waals surface area contributed by atoms with Crippen LogP contribution in [-0.2, 0) is 10.3 Å². The van der Waals surface area contributed by atoms with Crippen LogP contribution in [0.4, 0.5) is 13.2 Å². The number of alkyl halides is 3. The van der Waals surface area contributed by atoms with Gasteiger partial charge in [0.05, 0.1) is 5.52 Å². The molecule has 1 aliphatic heterocycles. The highest BCUT2D eigenvalue weighted by Crippen LogP contribution is 2.34. The Balaban J connectivity index is 1.45. The maximum atomic E-state index is 12.8. The quantitative estimate of drug-likeness (QED) is 0.592. The summed E-state index contributed by atoms with van der Waals surface area (Å²) in [5.41, 5.74) is 2.37. The fourth-order valence-corrected chi connectivity index (χ4v) is 4.03. The molecule has 0 aliphatic carbocycles. The van der Waals surface area contributed by atoms with Gasteiger partial charge in [0.1, 0.15) is 17.2 Å². The van der Waals surface area contributed by atoms with Crippen LogP contribution in [0.2, 0.25) is 0 Å². The molecule has 176 valence electrons. The minimum atomic E-state index is -4.76. The van der Waals surface area contributed by atoms with Gasteiger partial charge >= 0.3 is 6.36 Å². The third-order valence-electron chi connectivity index (χ3n) is 6.06. The van der Waals surface area contributed by atoms with Crippen LogP contribution in [0.25, 0.3) is 11.2 Å². The van der Waals surface area contributed by atoms with Crippen molar-refractivity contribution in [2.24, 2.45) is 0 Å². The van der Waals surface area contributed by atoms with E-state index in [0.717, 1.165) is 36.1 Å². The van der Waals surface area contributed by atoms with E-state index in [0.29, 0.717) is 30.1 Å². The molecule has 3 heterocycles. The number of aromatic amines is 1. The molecular formula is C23H25F3N4O3. The molecule has 1 N–H and O–H groups in total. The van der Waals surface area contributed by atoms with Crippen LogP contribution in [0, 0.1) is 0 Å². The number of amides is 1. The van der Waals surface area contributed by atoms with Crippen LogP contribution in [0.15, 0.2) is 36.5 Å². The highest BCUT2D eigenvalue weighted by atomic mass is 19.4. The molecule has 2 aromatic heterocycles. The van der Waals surface area contributed by atoms with Gasteiger partial charge in [-0.2, -0.15) is 0 Å². The molecule has 0 spiro atoms. The number of ether oxygens (including phenoxy) is 2. The smallest absolute Gasteiger partial charge is 0.406 e. The number of aromatic nitrogens is 3. The fourth-order valence-electron chi connectivity index (χ4n) is 4.03. The Morgan fingerprint density at radius 2 is 1.79 bits per heavy atom. The lowest BCUT2D eigenvalue weighted by Crippen LogP contribution is -2.38. The number of H-pyrrole nitrogens is 1. The van der Waals surface area contributed by atoms with Crippen LogP contribution in [0.1, 0.15) is 54.4 Å². The molecule has 0 radical (unpaired) electrons. The third-order valence-corrected chi connectivity index (χ3v) is 6.06. The van der Waals surface area contributed by atoms with Gasteiger partial charge in [-0.15, -0.1) is 13.2 Å². The molecule has 7 nitrogen and oxygen atoms in total. The average Bonchev–Trinajstić information content (AvgIpc) is 3.24. The van der Waals surface area contributed by atoms with Crippen molar-refractivity contribution in [1.82, 2.24) is 19.9 Å². The first-order chi connectivity index (χ1) is 15.6. The summed E-state index contributed by atoms with van der Waals surface area (Å²) in [6.45, 7) is 4.93. The Hall–Kier alpha value is -3.14. The summed E-state index contributed by atoms with van der Waals surface area (Å²) in [7, 11) is 1.63. The van der Waals surface area contributed by atoms with Gasteiger partial charge in [-0.25, -0.2) is 9.97 Å². The van der Waals surface area contributed by atoms with Crippen LogP contribution >= 0.6 is 0 Å². The minimum Gasteiger partial charge on any atom is -0.406 e. The highest BCUT2D eigenvalue weighted by Gasteiger charge is 2.32. The number of rotatable bonds is 5. The second kappa shape index (κ2) is 8.66. The standard InChI is InChI=1S/C23H25F3N4O3/c1-22(2,32-3)21-28-18-17(8-11-27-19(18)29-21)14-9-12-30(13-10-14)20(31)15-4-6-16(7-5-15)33-23(24,25)26/h4-8,11,14H,9-10,12-13H2,1-3H3,(H,27,28,29). The van der Waals surface area contributed by atoms with Gasteiger partial charge in [0, 0.05) is 32.0 Å². The number of benzene rings is 1. The normalized spacial score (nSPS) is 15.8. The zero-order chi connectivity index (χ0) is 23.8. The second-order valence-corrected chi connectivity index (χ2v) is 8.54. The molecule has 0 bridgehead atoms. The van der Waals surface area contributed by atoms with E-state index >= 15 is 0 Å². The molecule has 1 saturated heterocycles. The first-order valence-electron chi connectivity index (χ1n) is 10.6. The number of carbonyl (C=O) groups is 1. The number of methoxy groups -OCH3 is 1. The Morgan fingerprint density at radius 1 is 1.12 bits per heavy atom. The lowest BCUT2D eigenvalue weighted by molar-refractivity contribution is -0.274. The molecule has 33 heavy (non-hydrogen) atoms. The molecule has 1 fully saturated rings. The van der Waals surface area contributed by atoms with Crippen LogP contribution < -0.4 is 4.74 Å². The number of halogens is 3. The van der Waals surface area contributed by atoms with Gasteiger partial charge in [0.15, 0.2) is 5.65 Å². The largest absolute Gasteiger partial charge is 0.573 e. The SMILES string of the molecule is COC(C)(C)c1nc2nccc(C3CCN(C(=O)c4ccc(OC(F)(F)F)cc4)CC3)c2[nH]1. The average molecular weight is 462 g/mol. The number of imidazole rings is 1. The molecule has 1 aliphatic rings. The van der Waals surface area contributed by atoms with Crippen molar-refractivity contribution in [3.8, 4) is 5.75 Å². The Labute approximate surface area is 188 Å². The Kier molecular flexibility index (Phi) is 6.04. The minimum absolute atomic E-state index is 0.211. The Morgan fingerprint density at radius 3 is 2.39 bits per heavy atom. The van der Waals surface area contributed by atoms with Crippen molar-refractivity contribution in [2.45, 2.75) is 44.6 Å². The summed E-state index contributed by atoms with van der Waals surface area (Å²) in [5, 5.41) is 0. The van der Waals surface area contributed by atoms with Crippen molar-refractivity contribution in [1.29, 1.82) is 0 Å². The zero-order valence-corrected chi connectivity index (χ0v) is 18.6. The molecule has 0 saturated carbocycles. The maximum absolute atomic E-state index is 12.8. The van der Waals surface area contributed by atoms with Crippen molar-refractivity contribution >= 4 is 17.1 Å². The van der Waals surface area contributed by atoms with Crippen molar-refractivity contribution in [3.05, 3.63) is 53.5 Å². The number of nitrogens with one attached hydrogen (secondary N) is 1. The van der Waals surface area contributed by atoms with Crippen LogP contribution in [0.3, 0.4) is 0 Å². The maximum Gasteiger partial charge on any atom is 0.573 e. The van der Waals surface area contributed by atoms with Gasteiger partial charge in [0.25, 0.3) is 5.91 Å². The van der Waals surface area contributed by atoms with Gasteiger partial charge in [-0.3, -0.25) is 4.79 Å². The first-order valence-corrected chi connectivity index (χ1v) is 10.6.